The number of hydrogen-bond donors (Lipinski definition) is 1. The number of hydrogen-bond acceptors (Lipinski definition) is 4. The van der Waals surface area contributed by atoms with Crippen LogP contribution in [0.4, 0.5) is 0 Å². The number of amides is 1. The monoisotopic (exact) mass is 263 g/mol. The van der Waals surface area contributed by atoms with Crippen LogP contribution in [0.15, 0.2) is 23.4 Å². The van der Waals surface area contributed by atoms with Gasteiger partial charge in [-0.15, -0.1) is 0 Å². The van der Waals surface area contributed by atoms with Crippen molar-refractivity contribution < 1.29 is 4.79 Å². The Labute approximate surface area is 112 Å². The molecular formula is C13H17N3OS. The van der Waals surface area contributed by atoms with Crippen LogP contribution in [0.3, 0.4) is 0 Å². The Kier molecular flexibility index (Phi) is 6.23. The van der Waals surface area contributed by atoms with Gasteiger partial charge < -0.3 is 5.32 Å². The lowest BCUT2D eigenvalue weighted by atomic mass is 10.1. The van der Waals surface area contributed by atoms with Gasteiger partial charge in [-0.25, -0.2) is 4.98 Å². The fourth-order valence-electron chi connectivity index (χ4n) is 1.28. The summed E-state index contributed by atoms with van der Waals surface area (Å²) in [7, 11) is 0. The number of aromatic nitrogens is 1. The molecule has 1 amide bonds. The summed E-state index contributed by atoms with van der Waals surface area (Å²) in [6.45, 7) is 4.94. The topological polar surface area (TPSA) is 65.8 Å². The van der Waals surface area contributed by atoms with Gasteiger partial charge in [0.05, 0.1) is 11.3 Å². The summed E-state index contributed by atoms with van der Waals surface area (Å²) in [5.41, 5.74) is 0.512. The molecule has 96 valence electrons. The molecule has 1 heterocycles. The molecule has 18 heavy (non-hydrogen) atoms. The van der Waals surface area contributed by atoms with Crippen LogP contribution in [0.1, 0.15) is 25.8 Å². The smallest absolute Gasteiger partial charge is 0.230 e. The number of thioether (sulfide) groups is 1. The number of carbonyl (C=O) groups is 1. The first kappa shape index (κ1) is 14.5. The summed E-state index contributed by atoms with van der Waals surface area (Å²) in [5, 5.41) is 12.3. The third kappa shape index (κ3) is 5.19. The van der Waals surface area contributed by atoms with Crippen molar-refractivity contribution >= 4 is 17.7 Å². The van der Waals surface area contributed by atoms with Crippen molar-refractivity contribution in [3.8, 4) is 6.07 Å². The van der Waals surface area contributed by atoms with E-state index in [1.807, 2.05) is 0 Å². The molecule has 1 aromatic heterocycles. The molecule has 0 atom stereocenters. The van der Waals surface area contributed by atoms with Crippen molar-refractivity contribution in [3.05, 3.63) is 23.9 Å². The molecule has 1 N–H and O–H groups in total. The third-order valence-corrected chi connectivity index (χ3v) is 3.28. The van der Waals surface area contributed by atoms with E-state index in [9.17, 15) is 4.79 Å². The first-order valence-corrected chi connectivity index (χ1v) is 6.86. The van der Waals surface area contributed by atoms with Crippen molar-refractivity contribution in [2.24, 2.45) is 5.92 Å². The fraction of sp³-hybridized carbons (Fsp3) is 0.462. The van der Waals surface area contributed by atoms with Crippen LogP contribution < -0.4 is 5.32 Å². The minimum absolute atomic E-state index is 0.0183. The van der Waals surface area contributed by atoms with E-state index >= 15 is 0 Å². The highest BCUT2D eigenvalue weighted by molar-refractivity contribution is 7.99. The zero-order valence-corrected chi connectivity index (χ0v) is 11.5. The number of nitriles is 1. The van der Waals surface area contributed by atoms with E-state index in [1.165, 1.54) is 11.8 Å². The maximum Gasteiger partial charge on any atom is 0.230 e. The molecule has 1 rings (SSSR count). The molecule has 0 fully saturated rings. The standard InChI is InChI=1S/C13H17N3OS/c1-10(2)5-7-15-12(17)9-18-13-11(8-14)4-3-6-16-13/h3-4,6,10H,5,7,9H2,1-2H3,(H,15,17). The Bertz CT molecular complexity index is 440. The highest BCUT2D eigenvalue weighted by atomic mass is 32.2. The van der Waals surface area contributed by atoms with Gasteiger partial charge in [0, 0.05) is 12.7 Å². The lowest BCUT2D eigenvalue weighted by molar-refractivity contribution is -0.118. The quantitative estimate of drug-likeness (QED) is 0.799. The second-order valence-electron chi connectivity index (χ2n) is 4.29. The molecule has 0 bridgehead atoms. The van der Waals surface area contributed by atoms with Gasteiger partial charge in [0.1, 0.15) is 11.1 Å². The maximum atomic E-state index is 11.6. The molecule has 0 aromatic carbocycles. The summed E-state index contributed by atoms with van der Waals surface area (Å²) < 4.78 is 0. The van der Waals surface area contributed by atoms with E-state index in [4.69, 9.17) is 5.26 Å². The molecule has 0 unspecified atom stereocenters. The zero-order valence-electron chi connectivity index (χ0n) is 10.6. The number of carbonyl (C=O) groups excluding carboxylic acids is 1. The van der Waals surface area contributed by atoms with E-state index in [2.05, 4.69) is 30.2 Å². The molecule has 0 radical (unpaired) electrons. The summed E-state index contributed by atoms with van der Waals surface area (Å²) in [6, 6.07) is 5.48. The van der Waals surface area contributed by atoms with Crippen LogP contribution in [0.2, 0.25) is 0 Å². The van der Waals surface area contributed by atoms with Crippen molar-refractivity contribution in [1.82, 2.24) is 10.3 Å². The van der Waals surface area contributed by atoms with E-state index in [1.54, 1.807) is 18.3 Å². The largest absolute Gasteiger partial charge is 0.355 e. The highest BCUT2D eigenvalue weighted by Crippen LogP contribution is 2.18. The summed E-state index contributed by atoms with van der Waals surface area (Å²) >= 11 is 1.29. The van der Waals surface area contributed by atoms with Gasteiger partial charge in [0.15, 0.2) is 0 Å². The van der Waals surface area contributed by atoms with E-state index in [0.717, 1.165) is 6.42 Å². The van der Waals surface area contributed by atoms with Gasteiger partial charge >= 0.3 is 0 Å². The molecule has 1 aromatic rings. The molecule has 0 spiro atoms. The maximum absolute atomic E-state index is 11.6. The van der Waals surface area contributed by atoms with E-state index < -0.39 is 0 Å². The van der Waals surface area contributed by atoms with Crippen LogP contribution in [-0.2, 0) is 4.79 Å². The van der Waals surface area contributed by atoms with Crippen LogP contribution >= 0.6 is 11.8 Å². The van der Waals surface area contributed by atoms with Crippen LogP contribution in [0.25, 0.3) is 0 Å². The van der Waals surface area contributed by atoms with Crippen LogP contribution in [0.5, 0.6) is 0 Å². The Morgan fingerprint density at radius 3 is 3.06 bits per heavy atom. The van der Waals surface area contributed by atoms with Gasteiger partial charge in [0.2, 0.25) is 5.91 Å². The Morgan fingerprint density at radius 2 is 2.39 bits per heavy atom. The summed E-state index contributed by atoms with van der Waals surface area (Å²) in [5.74, 6) is 0.859. The van der Waals surface area contributed by atoms with Gasteiger partial charge in [-0.2, -0.15) is 5.26 Å². The molecule has 0 aliphatic carbocycles. The second kappa shape index (κ2) is 7.72. The number of pyridine rings is 1. The zero-order chi connectivity index (χ0) is 13.4. The lowest BCUT2D eigenvalue weighted by Gasteiger charge is -2.07. The van der Waals surface area contributed by atoms with Crippen molar-refractivity contribution in [2.45, 2.75) is 25.3 Å². The molecule has 0 aliphatic heterocycles. The molecule has 0 aliphatic rings. The Hall–Kier alpha value is -1.54. The van der Waals surface area contributed by atoms with Gasteiger partial charge in [0.25, 0.3) is 0 Å². The third-order valence-electron chi connectivity index (χ3n) is 2.28. The fourth-order valence-corrected chi connectivity index (χ4v) is 2.05. The predicted octanol–water partition coefficient (Wildman–Crippen LogP) is 2.21. The minimum atomic E-state index is -0.0183. The highest BCUT2D eigenvalue weighted by Gasteiger charge is 2.07. The van der Waals surface area contributed by atoms with Crippen molar-refractivity contribution in [2.75, 3.05) is 12.3 Å². The molecule has 0 saturated carbocycles. The van der Waals surface area contributed by atoms with E-state index in [-0.39, 0.29) is 5.91 Å². The SMILES string of the molecule is CC(C)CCNC(=O)CSc1ncccc1C#N. The molecule has 5 heteroatoms. The number of rotatable bonds is 6. The van der Waals surface area contributed by atoms with Crippen LogP contribution in [-0.4, -0.2) is 23.2 Å². The number of nitrogens with zero attached hydrogens (tertiary/aromatic N) is 2. The Morgan fingerprint density at radius 1 is 1.61 bits per heavy atom. The van der Waals surface area contributed by atoms with Crippen LogP contribution in [0, 0.1) is 17.2 Å². The van der Waals surface area contributed by atoms with Crippen molar-refractivity contribution in [3.63, 3.8) is 0 Å². The second-order valence-corrected chi connectivity index (χ2v) is 5.25. The average Bonchev–Trinajstić information content (AvgIpc) is 2.36. The Balaban J connectivity index is 2.36. The molecule has 4 nitrogen and oxygen atoms in total. The van der Waals surface area contributed by atoms with Gasteiger partial charge in [-0.3, -0.25) is 4.79 Å². The van der Waals surface area contributed by atoms with Gasteiger partial charge in [-0.05, 0) is 24.5 Å². The lowest BCUT2D eigenvalue weighted by Crippen LogP contribution is -2.26. The van der Waals surface area contributed by atoms with Crippen molar-refractivity contribution in [1.29, 1.82) is 5.26 Å². The first-order chi connectivity index (χ1) is 8.63. The van der Waals surface area contributed by atoms with E-state index in [0.29, 0.717) is 28.8 Å². The number of nitrogens with one attached hydrogen (secondary N) is 1. The van der Waals surface area contributed by atoms with Gasteiger partial charge in [-0.1, -0.05) is 25.6 Å². The normalized spacial score (nSPS) is 10.1. The summed E-state index contributed by atoms with van der Waals surface area (Å²) in [6.07, 6.45) is 2.60. The first-order valence-electron chi connectivity index (χ1n) is 5.88. The predicted molar refractivity (Wildman–Crippen MR) is 72.1 cm³/mol. The molecule has 0 saturated heterocycles. The minimum Gasteiger partial charge on any atom is -0.355 e. The summed E-state index contributed by atoms with van der Waals surface area (Å²) in [4.78, 5) is 15.6. The average molecular weight is 263 g/mol. The molecular weight excluding hydrogens is 246 g/mol.